The average molecular weight is 522 g/mol. The quantitative estimate of drug-likeness (QED) is 0.329. The lowest BCUT2D eigenvalue weighted by Crippen LogP contribution is -2.54. The van der Waals surface area contributed by atoms with Crippen molar-refractivity contribution in [3.8, 4) is 0 Å². The van der Waals surface area contributed by atoms with Gasteiger partial charge in [0.15, 0.2) is 10.2 Å². The van der Waals surface area contributed by atoms with Gasteiger partial charge >= 0.3 is 0 Å². The lowest BCUT2D eigenvalue weighted by atomic mass is 9.90. The minimum Gasteiger partial charge on any atom is -0.358 e. The summed E-state index contributed by atoms with van der Waals surface area (Å²) in [6, 6.07) is 10.7. The third kappa shape index (κ3) is 6.74. The molecule has 1 aliphatic carbocycles. The lowest BCUT2D eigenvalue weighted by molar-refractivity contribution is 0.340. The Balaban J connectivity index is 1.58. The molecule has 0 bridgehead atoms. The van der Waals surface area contributed by atoms with Gasteiger partial charge in [-0.05, 0) is 73.7 Å². The first-order valence-corrected chi connectivity index (χ1v) is 11.7. The molecule has 0 spiro atoms. The molecule has 2 atom stereocenters. The van der Waals surface area contributed by atoms with E-state index in [9.17, 15) is 0 Å². The van der Waals surface area contributed by atoms with E-state index in [2.05, 4.69) is 21.3 Å². The van der Waals surface area contributed by atoms with Gasteiger partial charge < -0.3 is 21.3 Å². The van der Waals surface area contributed by atoms with Gasteiger partial charge in [-0.15, -0.1) is 0 Å². The van der Waals surface area contributed by atoms with Crippen molar-refractivity contribution >= 4 is 92.4 Å². The molecule has 1 aliphatic rings. The van der Waals surface area contributed by atoms with E-state index < -0.39 is 0 Å². The Labute approximate surface area is 207 Å². The highest BCUT2D eigenvalue weighted by Gasteiger charge is 2.26. The van der Waals surface area contributed by atoms with E-state index >= 15 is 0 Å². The van der Waals surface area contributed by atoms with E-state index in [1.165, 1.54) is 0 Å². The SMILES string of the molecule is S=C(Nc1ccc(Cl)cc1Cl)NC1CCCCC1NC(=S)Nc1ccc(Cl)cc1Cl. The van der Waals surface area contributed by atoms with Crippen molar-refractivity contribution in [3.05, 3.63) is 56.5 Å². The average Bonchev–Trinajstić information content (AvgIpc) is 2.68. The van der Waals surface area contributed by atoms with E-state index in [-0.39, 0.29) is 12.1 Å². The van der Waals surface area contributed by atoms with Crippen LogP contribution in [0.25, 0.3) is 0 Å². The zero-order valence-electron chi connectivity index (χ0n) is 15.8. The minimum absolute atomic E-state index is 0.116. The van der Waals surface area contributed by atoms with E-state index in [0.717, 1.165) is 25.7 Å². The predicted molar refractivity (Wildman–Crippen MR) is 138 cm³/mol. The van der Waals surface area contributed by atoms with Crippen LogP contribution in [0.4, 0.5) is 11.4 Å². The molecule has 0 heterocycles. The molecule has 160 valence electrons. The Hall–Kier alpha value is -1.02. The summed E-state index contributed by atoms with van der Waals surface area (Å²) < 4.78 is 0. The summed E-state index contributed by atoms with van der Waals surface area (Å²) in [7, 11) is 0. The molecule has 30 heavy (non-hydrogen) atoms. The second-order valence-electron chi connectivity index (χ2n) is 6.94. The Morgan fingerprint density at radius 3 is 1.47 bits per heavy atom. The van der Waals surface area contributed by atoms with Crippen LogP contribution in [0.15, 0.2) is 36.4 Å². The standard InChI is InChI=1S/C20H20Cl4N4S2/c21-11-5-7-15(13(23)9-11)25-19(29)27-17-3-1-2-4-18(17)28-20(30)26-16-8-6-12(22)10-14(16)24/h5-10,17-18H,1-4H2,(H2,25,27,29)(H2,26,28,30). The molecule has 3 rings (SSSR count). The van der Waals surface area contributed by atoms with E-state index in [1.807, 2.05) is 0 Å². The number of halogens is 4. The molecule has 10 heteroatoms. The van der Waals surface area contributed by atoms with Crippen molar-refractivity contribution in [2.75, 3.05) is 10.6 Å². The molecule has 1 fully saturated rings. The first kappa shape index (κ1) is 23.6. The Morgan fingerprint density at radius 2 is 1.10 bits per heavy atom. The summed E-state index contributed by atoms with van der Waals surface area (Å²) >= 11 is 35.3. The van der Waals surface area contributed by atoms with Crippen molar-refractivity contribution in [2.24, 2.45) is 0 Å². The summed E-state index contributed by atoms with van der Waals surface area (Å²) in [5, 5.41) is 16.2. The molecular formula is C20H20Cl4N4S2. The van der Waals surface area contributed by atoms with Gasteiger partial charge in [0, 0.05) is 22.1 Å². The summed E-state index contributed by atoms with van der Waals surface area (Å²) in [4.78, 5) is 0. The van der Waals surface area contributed by atoms with Crippen LogP contribution in [-0.2, 0) is 0 Å². The fraction of sp³-hybridized carbons (Fsp3) is 0.300. The van der Waals surface area contributed by atoms with Crippen LogP contribution in [0.2, 0.25) is 20.1 Å². The van der Waals surface area contributed by atoms with Crippen LogP contribution in [0, 0.1) is 0 Å². The van der Waals surface area contributed by atoms with Crippen LogP contribution in [0.3, 0.4) is 0 Å². The Bertz CT molecular complexity index is 866. The molecular weight excluding hydrogens is 502 g/mol. The molecule has 2 unspecified atom stereocenters. The molecule has 0 aliphatic heterocycles. The summed E-state index contributed by atoms with van der Waals surface area (Å²) in [6.45, 7) is 0. The predicted octanol–water partition coefficient (Wildman–Crippen LogP) is 6.88. The Kier molecular flexibility index (Phi) is 8.69. The van der Waals surface area contributed by atoms with Crippen LogP contribution < -0.4 is 21.3 Å². The van der Waals surface area contributed by atoms with Crippen molar-refractivity contribution in [2.45, 2.75) is 37.8 Å². The molecule has 1 saturated carbocycles. The fourth-order valence-electron chi connectivity index (χ4n) is 3.31. The summed E-state index contributed by atoms with van der Waals surface area (Å²) in [5.74, 6) is 0. The van der Waals surface area contributed by atoms with Gasteiger partial charge in [0.2, 0.25) is 0 Å². The first-order chi connectivity index (χ1) is 14.3. The van der Waals surface area contributed by atoms with Crippen molar-refractivity contribution in [1.29, 1.82) is 0 Å². The molecule has 0 amide bonds. The first-order valence-electron chi connectivity index (χ1n) is 9.37. The third-order valence-electron chi connectivity index (χ3n) is 4.76. The zero-order chi connectivity index (χ0) is 21.7. The van der Waals surface area contributed by atoms with E-state index in [0.29, 0.717) is 41.7 Å². The number of thiocarbonyl (C=S) groups is 2. The Morgan fingerprint density at radius 1 is 0.700 bits per heavy atom. The van der Waals surface area contributed by atoms with Crippen molar-refractivity contribution in [3.63, 3.8) is 0 Å². The number of rotatable bonds is 4. The molecule has 2 aromatic carbocycles. The van der Waals surface area contributed by atoms with Gasteiger partial charge in [0.05, 0.1) is 21.4 Å². The van der Waals surface area contributed by atoms with Gasteiger partial charge in [-0.25, -0.2) is 0 Å². The normalized spacial score (nSPS) is 18.4. The second-order valence-corrected chi connectivity index (χ2v) is 9.45. The number of nitrogens with one attached hydrogen (secondary N) is 4. The number of benzene rings is 2. The summed E-state index contributed by atoms with van der Waals surface area (Å²) in [6.07, 6.45) is 4.17. The number of anilines is 2. The molecule has 0 radical (unpaired) electrons. The second kappa shape index (κ2) is 11.0. The van der Waals surface area contributed by atoms with Crippen LogP contribution >= 0.6 is 70.8 Å². The molecule has 0 aromatic heterocycles. The largest absolute Gasteiger partial charge is 0.358 e. The zero-order valence-corrected chi connectivity index (χ0v) is 20.4. The molecule has 2 aromatic rings. The fourth-order valence-corrected chi connectivity index (χ4v) is 4.75. The maximum absolute atomic E-state index is 6.22. The molecule has 4 N–H and O–H groups in total. The highest BCUT2D eigenvalue weighted by atomic mass is 35.5. The van der Waals surface area contributed by atoms with Crippen LogP contribution in [-0.4, -0.2) is 22.3 Å². The molecule has 4 nitrogen and oxygen atoms in total. The van der Waals surface area contributed by atoms with E-state index in [1.54, 1.807) is 36.4 Å². The number of hydrogen-bond donors (Lipinski definition) is 4. The highest BCUT2D eigenvalue weighted by molar-refractivity contribution is 7.80. The van der Waals surface area contributed by atoms with Gasteiger partial charge in [0.25, 0.3) is 0 Å². The number of hydrogen-bond acceptors (Lipinski definition) is 2. The summed E-state index contributed by atoms with van der Waals surface area (Å²) in [5.41, 5.74) is 1.40. The van der Waals surface area contributed by atoms with Gasteiger partial charge in [-0.3, -0.25) is 0 Å². The van der Waals surface area contributed by atoms with Crippen molar-refractivity contribution < 1.29 is 0 Å². The third-order valence-corrected chi connectivity index (χ3v) is 6.29. The highest BCUT2D eigenvalue weighted by Crippen LogP contribution is 2.27. The smallest absolute Gasteiger partial charge is 0.171 e. The van der Waals surface area contributed by atoms with Crippen LogP contribution in [0.1, 0.15) is 25.7 Å². The molecule has 0 saturated heterocycles. The lowest BCUT2D eigenvalue weighted by Gasteiger charge is -2.34. The van der Waals surface area contributed by atoms with E-state index in [4.69, 9.17) is 70.8 Å². The monoisotopic (exact) mass is 520 g/mol. The maximum atomic E-state index is 6.22. The van der Waals surface area contributed by atoms with Crippen LogP contribution in [0.5, 0.6) is 0 Å². The van der Waals surface area contributed by atoms with Gasteiger partial charge in [0.1, 0.15) is 0 Å². The van der Waals surface area contributed by atoms with Crippen molar-refractivity contribution in [1.82, 2.24) is 10.6 Å². The maximum Gasteiger partial charge on any atom is 0.171 e. The van der Waals surface area contributed by atoms with Gasteiger partial charge in [-0.2, -0.15) is 0 Å². The minimum atomic E-state index is 0.116. The topological polar surface area (TPSA) is 48.1 Å². The van der Waals surface area contributed by atoms with Gasteiger partial charge in [-0.1, -0.05) is 59.2 Å².